The lowest BCUT2D eigenvalue weighted by molar-refractivity contribution is 0.0954. The van der Waals surface area contributed by atoms with Crippen molar-refractivity contribution in [2.24, 2.45) is 0 Å². The van der Waals surface area contributed by atoms with Gasteiger partial charge in [-0.25, -0.2) is 4.98 Å². The van der Waals surface area contributed by atoms with Crippen molar-refractivity contribution in [3.8, 4) is 0 Å². The molecule has 6 heteroatoms. The molecule has 2 heterocycles. The maximum Gasteiger partial charge on any atom is 0.257 e. The molecule has 0 aliphatic rings. The number of aromatic nitrogens is 2. The third-order valence-electron chi connectivity index (χ3n) is 2.79. The highest BCUT2D eigenvalue weighted by Gasteiger charge is 2.10. The minimum atomic E-state index is -0.131. The van der Waals surface area contributed by atoms with Gasteiger partial charge in [0.1, 0.15) is 0 Å². The van der Waals surface area contributed by atoms with Gasteiger partial charge in [0.25, 0.3) is 11.6 Å². The van der Waals surface area contributed by atoms with Gasteiger partial charge in [-0.3, -0.25) is 4.79 Å². The molecule has 0 aromatic carbocycles. The van der Waals surface area contributed by atoms with Gasteiger partial charge in [0.15, 0.2) is 0 Å². The molecule has 0 radical (unpaired) electrons. The molecule has 2 aromatic heterocycles. The second-order valence-corrected chi connectivity index (χ2v) is 4.35. The van der Waals surface area contributed by atoms with E-state index in [1.807, 2.05) is 6.92 Å². The summed E-state index contributed by atoms with van der Waals surface area (Å²) in [7, 11) is 0. The van der Waals surface area contributed by atoms with Crippen LogP contribution in [0.4, 0.5) is 0 Å². The standard InChI is InChI=1S/C13H18N4O2/c1-3-4-14-5-6-15-12(18)10-7-11-9(2)17-19-13(11)16-8-10/h7-8,14H,3-6H2,1-2H3,(H,15,18). The van der Waals surface area contributed by atoms with Crippen molar-refractivity contribution < 1.29 is 9.32 Å². The fourth-order valence-electron chi connectivity index (χ4n) is 1.74. The summed E-state index contributed by atoms with van der Waals surface area (Å²) in [4.78, 5) is 16.0. The zero-order valence-corrected chi connectivity index (χ0v) is 11.2. The van der Waals surface area contributed by atoms with Crippen LogP contribution in [0.3, 0.4) is 0 Å². The molecule has 2 N–H and O–H groups in total. The predicted molar refractivity (Wildman–Crippen MR) is 72.0 cm³/mol. The summed E-state index contributed by atoms with van der Waals surface area (Å²) in [6, 6.07) is 1.75. The molecule has 19 heavy (non-hydrogen) atoms. The van der Waals surface area contributed by atoms with E-state index in [0.717, 1.165) is 30.6 Å². The zero-order valence-electron chi connectivity index (χ0n) is 11.2. The fraction of sp³-hybridized carbons (Fsp3) is 0.462. The van der Waals surface area contributed by atoms with Crippen LogP contribution < -0.4 is 10.6 Å². The number of nitrogens with zero attached hydrogens (tertiary/aromatic N) is 2. The summed E-state index contributed by atoms with van der Waals surface area (Å²) in [6.45, 7) is 6.25. The van der Waals surface area contributed by atoms with Gasteiger partial charge in [-0.15, -0.1) is 0 Å². The fourth-order valence-corrected chi connectivity index (χ4v) is 1.74. The highest BCUT2D eigenvalue weighted by Crippen LogP contribution is 2.16. The Balaban J connectivity index is 1.95. The lowest BCUT2D eigenvalue weighted by atomic mass is 10.2. The molecule has 0 atom stereocenters. The van der Waals surface area contributed by atoms with E-state index in [1.165, 1.54) is 6.20 Å². The number of hydrogen-bond acceptors (Lipinski definition) is 5. The first-order valence-corrected chi connectivity index (χ1v) is 6.43. The lowest BCUT2D eigenvalue weighted by Gasteiger charge is -2.05. The van der Waals surface area contributed by atoms with E-state index >= 15 is 0 Å². The molecule has 2 aromatic rings. The molecule has 0 saturated heterocycles. The Kier molecular flexibility index (Phi) is 4.46. The maximum absolute atomic E-state index is 11.9. The number of fused-ring (bicyclic) bond motifs is 1. The van der Waals surface area contributed by atoms with Gasteiger partial charge in [-0.2, -0.15) is 0 Å². The number of carbonyl (C=O) groups excluding carboxylic acids is 1. The number of nitrogens with one attached hydrogen (secondary N) is 2. The van der Waals surface area contributed by atoms with Gasteiger partial charge < -0.3 is 15.2 Å². The first-order chi connectivity index (χ1) is 9.22. The smallest absolute Gasteiger partial charge is 0.257 e. The third-order valence-corrected chi connectivity index (χ3v) is 2.79. The van der Waals surface area contributed by atoms with Crippen LogP contribution in [0.2, 0.25) is 0 Å². The van der Waals surface area contributed by atoms with Gasteiger partial charge in [-0.1, -0.05) is 12.1 Å². The normalized spacial score (nSPS) is 10.8. The molecule has 2 rings (SSSR count). The van der Waals surface area contributed by atoms with Crippen LogP contribution in [0.5, 0.6) is 0 Å². The minimum Gasteiger partial charge on any atom is -0.351 e. The van der Waals surface area contributed by atoms with E-state index < -0.39 is 0 Å². The Hall–Kier alpha value is -1.95. The Morgan fingerprint density at radius 1 is 1.37 bits per heavy atom. The molecule has 1 amide bonds. The molecule has 0 spiro atoms. The second kappa shape index (κ2) is 6.29. The average Bonchev–Trinajstić information content (AvgIpc) is 2.79. The van der Waals surface area contributed by atoms with Crippen molar-refractivity contribution in [1.29, 1.82) is 0 Å². The summed E-state index contributed by atoms with van der Waals surface area (Å²) in [6.07, 6.45) is 2.59. The van der Waals surface area contributed by atoms with Gasteiger partial charge in [-0.05, 0) is 26.0 Å². The first-order valence-electron chi connectivity index (χ1n) is 6.43. The van der Waals surface area contributed by atoms with E-state index in [4.69, 9.17) is 4.52 Å². The van der Waals surface area contributed by atoms with Crippen LogP contribution in [0, 0.1) is 6.92 Å². The summed E-state index contributed by atoms with van der Waals surface area (Å²) in [5.41, 5.74) is 1.72. The number of rotatable bonds is 6. The summed E-state index contributed by atoms with van der Waals surface area (Å²) in [5.74, 6) is -0.131. The van der Waals surface area contributed by atoms with E-state index in [-0.39, 0.29) is 5.91 Å². The number of amides is 1. The quantitative estimate of drug-likeness (QED) is 0.766. The Bertz CT molecular complexity index is 565. The molecule has 0 saturated carbocycles. The topological polar surface area (TPSA) is 80.0 Å². The molecule has 0 unspecified atom stereocenters. The molecule has 0 aliphatic heterocycles. The number of aryl methyl sites for hydroxylation is 1. The van der Waals surface area contributed by atoms with Crippen LogP contribution >= 0.6 is 0 Å². The largest absolute Gasteiger partial charge is 0.351 e. The number of pyridine rings is 1. The van der Waals surface area contributed by atoms with Crippen molar-refractivity contribution in [3.05, 3.63) is 23.5 Å². The molecule has 0 fully saturated rings. The number of carbonyl (C=O) groups is 1. The minimum absolute atomic E-state index is 0.131. The summed E-state index contributed by atoms with van der Waals surface area (Å²) < 4.78 is 5.01. The number of hydrogen-bond donors (Lipinski definition) is 2. The van der Waals surface area contributed by atoms with Crippen LogP contribution in [0.25, 0.3) is 11.1 Å². The van der Waals surface area contributed by atoms with Gasteiger partial charge in [0, 0.05) is 19.3 Å². The zero-order chi connectivity index (χ0) is 13.7. The molecule has 102 valence electrons. The maximum atomic E-state index is 11.9. The SMILES string of the molecule is CCCNCCNC(=O)c1cnc2onc(C)c2c1. The Labute approximate surface area is 111 Å². The average molecular weight is 262 g/mol. The van der Waals surface area contributed by atoms with Crippen molar-refractivity contribution in [3.63, 3.8) is 0 Å². The Morgan fingerprint density at radius 3 is 3.00 bits per heavy atom. The van der Waals surface area contributed by atoms with Gasteiger partial charge in [0.2, 0.25) is 0 Å². The van der Waals surface area contributed by atoms with E-state index in [9.17, 15) is 4.79 Å². The first kappa shape index (κ1) is 13.5. The summed E-state index contributed by atoms with van der Waals surface area (Å²) >= 11 is 0. The van der Waals surface area contributed by atoms with Gasteiger partial charge in [0.05, 0.1) is 16.6 Å². The van der Waals surface area contributed by atoms with Crippen LogP contribution in [-0.2, 0) is 0 Å². The predicted octanol–water partition coefficient (Wildman–Crippen LogP) is 1.26. The van der Waals surface area contributed by atoms with Crippen molar-refractivity contribution in [2.75, 3.05) is 19.6 Å². The highest BCUT2D eigenvalue weighted by molar-refractivity contribution is 5.96. The summed E-state index contributed by atoms with van der Waals surface area (Å²) in [5, 5.41) is 10.7. The van der Waals surface area contributed by atoms with Crippen molar-refractivity contribution in [2.45, 2.75) is 20.3 Å². The monoisotopic (exact) mass is 262 g/mol. The van der Waals surface area contributed by atoms with Gasteiger partial charge >= 0.3 is 0 Å². The second-order valence-electron chi connectivity index (χ2n) is 4.35. The molecular weight excluding hydrogens is 244 g/mol. The van der Waals surface area contributed by atoms with Crippen LogP contribution in [0.1, 0.15) is 29.4 Å². The van der Waals surface area contributed by atoms with Crippen LogP contribution in [-0.4, -0.2) is 35.7 Å². The third kappa shape index (κ3) is 3.29. The van der Waals surface area contributed by atoms with Crippen molar-refractivity contribution >= 4 is 17.0 Å². The van der Waals surface area contributed by atoms with Crippen molar-refractivity contribution in [1.82, 2.24) is 20.8 Å². The van der Waals surface area contributed by atoms with Crippen LogP contribution in [0.15, 0.2) is 16.8 Å². The molecular formula is C13H18N4O2. The van der Waals surface area contributed by atoms with E-state index in [1.54, 1.807) is 6.07 Å². The van der Waals surface area contributed by atoms with E-state index in [2.05, 4.69) is 27.7 Å². The lowest BCUT2D eigenvalue weighted by Crippen LogP contribution is -2.32. The molecule has 6 nitrogen and oxygen atoms in total. The van der Waals surface area contributed by atoms with E-state index in [0.29, 0.717) is 17.8 Å². The molecule has 0 bridgehead atoms. The highest BCUT2D eigenvalue weighted by atomic mass is 16.5. The molecule has 0 aliphatic carbocycles. The Morgan fingerprint density at radius 2 is 2.21 bits per heavy atom.